The van der Waals surface area contributed by atoms with Crippen LogP contribution in [-0.2, 0) is 0 Å². The van der Waals surface area contributed by atoms with Gasteiger partial charge in [0.25, 0.3) is 5.91 Å². The van der Waals surface area contributed by atoms with Crippen LogP contribution in [0.5, 0.6) is 0 Å². The Balaban J connectivity index is 1.77. The minimum atomic E-state index is 0.0177. The van der Waals surface area contributed by atoms with Gasteiger partial charge in [0.1, 0.15) is 0 Å². The summed E-state index contributed by atoms with van der Waals surface area (Å²) in [7, 11) is 0. The molecule has 28 heavy (non-hydrogen) atoms. The fourth-order valence-corrected chi connectivity index (χ4v) is 3.55. The third-order valence-electron chi connectivity index (χ3n) is 5.18. The van der Waals surface area contributed by atoms with Gasteiger partial charge in [-0.2, -0.15) is 0 Å². The highest BCUT2D eigenvalue weighted by molar-refractivity contribution is 5.99. The second kappa shape index (κ2) is 8.30. The standard InChI is InChI=1S/C23H24N4O/c1-17-6-8-19(9-7-17)22-25-16-20(21(26-22)18-10-12-24-13-11-18)23(28)27-14-4-2-3-5-15-27/h6-13,16H,2-5,14-15H2,1H3. The molecule has 0 unspecified atom stereocenters. The molecule has 1 aromatic carbocycles. The molecule has 1 aliphatic rings. The lowest BCUT2D eigenvalue weighted by atomic mass is 10.1. The number of carbonyl (C=O) groups is 1. The summed E-state index contributed by atoms with van der Waals surface area (Å²) in [5.41, 5.74) is 4.23. The maximum absolute atomic E-state index is 13.3. The van der Waals surface area contributed by atoms with Crippen LogP contribution >= 0.6 is 0 Å². The molecule has 4 rings (SSSR count). The van der Waals surface area contributed by atoms with E-state index in [1.165, 1.54) is 18.4 Å². The van der Waals surface area contributed by atoms with Gasteiger partial charge in [0, 0.05) is 42.8 Å². The molecule has 3 aromatic rings. The summed E-state index contributed by atoms with van der Waals surface area (Å²) in [6, 6.07) is 11.9. The maximum atomic E-state index is 13.3. The molecule has 0 spiro atoms. The number of nitrogens with zero attached hydrogens (tertiary/aromatic N) is 4. The van der Waals surface area contributed by atoms with Crippen molar-refractivity contribution in [1.82, 2.24) is 19.9 Å². The lowest BCUT2D eigenvalue weighted by Gasteiger charge is -2.21. The first-order chi connectivity index (χ1) is 13.7. The number of amides is 1. The van der Waals surface area contributed by atoms with Crippen molar-refractivity contribution in [1.29, 1.82) is 0 Å². The van der Waals surface area contributed by atoms with Gasteiger partial charge in [-0.15, -0.1) is 0 Å². The molecule has 0 N–H and O–H groups in total. The van der Waals surface area contributed by atoms with Gasteiger partial charge in [0.15, 0.2) is 5.82 Å². The van der Waals surface area contributed by atoms with Crippen LogP contribution in [-0.4, -0.2) is 38.8 Å². The molecule has 1 aliphatic heterocycles. The molecular weight excluding hydrogens is 348 g/mol. The van der Waals surface area contributed by atoms with Gasteiger partial charge in [-0.25, -0.2) is 9.97 Å². The van der Waals surface area contributed by atoms with Crippen molar-refractivity contribution in [2.24, 2.45) is 0 Å². The molecule has 0 bridgehead atoms. The Labute approximate surface area is 165 Å². The average Bonchev–Trinajstić information content (AvgIpc) is 3.04. The van der Waals surface area contributed by atoms with Crippen LogP contribution in [0.15, 0.2) is 55.0 Å². The fraction of sp³-hybridized carbons (Fsp3) is 0.304. The molecule has 0 atom stereocenters. The van der Waals surface area contributed by atoms with E-state index in [1.54, 1.807) is 18.6 Å². The van der Waals surface area contributed by atoms with Gasteiger partial charge in [0.05, 0.1) is 11.3 Å². The molecule has 5 nitrogen and oxygen atoms in total. The summed E-state index contributed by atoms with van der Waals surface area (Å²) in [4.78, 5) is 28.6. The monoisotopic (exact) mass is 372 g/mol. The van der Waals surface area contributed by atoms with E-state index in [1.807, 2.05) is 41.3 Å². The second-order valence-electron chi connectivity index (χ2n) is 7.26. The Bertz CT molecular complexity index is 946. The quantitative estimate of drug-likeness (QED) is 0.678. The van der Waals surface area contributed by atoms with Crippen LogP contribution < -0.4 is 0 Å². The molecule has 1 fully saturated rings. The number of pyridine rings is 1. The summed E-state index contributed by atoms with van der Waals surface area (Å²) in [6.07, 6.45) is 9.61. The number of hydrogen-bond donors (Lipinski definition) is 0. The molecule has 1 saturated heterocycles. The third kappa shape index (κ3) is 3.93. The van der Waals surface area contributed by atoms with Crippen LogP contribution in [0, 0.1) is 6.92 Å². The van der Waals surface area contributed by atoms with Gasteiger partial charge < -0.3 is 4.90 Å². The molecule has 3 heterocycles. The van der Waals surface area contributed by atoms with Crippen molar-refractivity contribution in [2.45, 2.75) is 32.6 Å². The minimum absolute atomic E-state index is 0.0177. The summed E-state index contributed by atoms with van der Waals surface area (Å²) < 4.78 is 0. The van der Waals surface area contributed by atoms with E-state index in [2.05, 4.69) is 16.9 Å². The largest absolute Gasteiger partial charge is 0.339 e. The number of rotatable bonds is 3. The van der Waals surface area contributed by atoms with Crippen LogP contribution in [0.3, 0.4) is 0 Å². The van der Waals surface area contributed by atoms with Crippen molar-refractivity contribution in [3.05, 3.63) is 66.1 Å². The van der Waals surface area contributed by atoms with Crippen molar-refractivity contribution >= 4 is 5.91 Å². The van der Waals surface area contributed by atoms with E-state index in [9.17, 15) is 4.79 Å². The molecule has 0 radical (unpaired) electrons. The predicted molar refractivity (Wildman–Crippen MR) is 110 cm³/mol. The number of likely N-dealkylation sites (tertiary alicyclic amines) is 1. The van der Waals surface area contributed by atoms with E-state index in [0.717, 1.165) is 37.1 Å². The average molecular weight is 372 g/mol. The molecule has 2 aromatic heterocycles. The summed E-state index contributed by atoms with van der Waals surface area (Å²) in [6.45, 7) is 3.65. The Kier molecular flexibility index (Phi) is 5.42. The van der Waals surface area contributed by atoms with Crippen LogP contribution in [0.1, 0.15) is 41.6 Å². The normalized spacial score (nSPS) is 14.5. The van der Waals surface area contributed by atoms with Gasteiger partial charge in [0.2, 0.25) is 0 Å². The summed E-state index contributed by atoms with van der Waals surface area (Å²) >= 11 is 0. The van der Waals surface area contributed by atoms with Gasteiger partial charge in [-0.3, -0.25) is 9.78 Å². The second-order valence-corrected chi connectivity index (χ2v) is 7.26. The molecule has 142 valence electrons. The van der Waals surface area contributed by atoms with Crippen molar-refractivity contribution in [3.63, 3.8) is 0 Å². The molecular formula is C23H24N4O. The first-order valence-electron chi connectivity index (χ1n) is 9.86. The predicted octanol–water partition coefficient (Wildman–Crippen LogP) is 4.53. The molecule has 5 heteroatoms. The smallest absolute Gasteiger partial charge is 0.257 e. The van der Waals surface area contributed by atoms with Crippen LogP contribution in [0.25, 0.3) is 22.6 Å². The molecule has 0 aliphatic carbocycles. The Morgan fingerprint density at radius 1 is 0.893 bits per heavy atom. The number of aryl methyl sites for hydroxylation is 1. The fourth-order valence-electron chi connectivity index (χ4n) is 3.55. The topological polar surface area (TPSA) is 59.0 Å². The van der Waals surface area contributed by atoms with Crippen molar-refractivity contribution in [2.75, 3.05) is 13.1 Å². The molecule has 0 saturated carbocycles. The maximum Gasteiger partial charge on any atom is 0.257 e. The Morgan fingerprint density at radius 2 is 1.57 bits per heavy atom. The van der Waals surface area contributed by atoms with E-state index in [4.69, 9.17) is 4.98 Å². The highest BCUT2D eigenvalue weighted by Gasteiger charge is 2.23. The van der Waals surface area contributed by atoms with E-state index in [-0.39, 0.29) is 5.91 Å². The zero-order valence-electron chi connectivity index (χ0n) is 16.1. The number of hydrogen-bond acceptors (Lipinski definition) is 4. The summed E-state index contributed by atoms with van der Waals surface area (Å²) in [5.74, 6) is 0.642. The lowest BCUT2D eigenvalue weighted by molar-refractivity contribution is 0.0761. The highest BCUT2D eigenvalue weighted by Crippen LogP contribution is 2.26. The zero-order chi connectivity index (χ0) is 19.3. The van der Waals surface area contributed by atoms with Gasteiger partial charge >= 0.3 is 0 Å². The first kappa shape index (κ1) is 18.3. The Hall–Kier alpha value is -3.08. The van der Waals surface area contributed by atoms with E-state index < -0.39 is 0 Å². The lowest BCUT2D eigenvalue weighted by Crippen LogP contribution is -2.32. The minimum Gasteiger partial charge on any atom is -0.339 e. The molecule has 1 amide bonds. The van der Waals surface area contributed by atoms with Crippen molar-refractivity contribution in [3.8, 4) is 22.6 Å². The number of benzene rings is 1. The zero-order valence-corrected chi connectivity index (χ0v) is 16.1. The third-order valence-corrected chi connectivity index (χ3v) is 5.18. The van der Waals surface area contributed by atoms with Gasteiger partial charge in [-0.05, 0) is 31.9 Å². The van der Waals surface area contributed by atoms with Crippen molar-refractivity contribution < 1.29 is 4.79 Å². The SMILES string of the molecule is Cc1ccc(-c2ncc(C(=O)N3CCCCCC3)c(-c3ccncc3)n2)cc1. The van der Waals surface area contributed by atoms with Crippen LogP contribution in [0.2, 0.25) is 0 Å². The Morgan fingerprint density at radius 3 is 2.25 bits per heavy atom. The number of carbonyl (C=O) groups excluding carboxylic acids is 1. The summed E-state index contributed by atoms with van der Waals surface area (Å²) in [5, 5.41) is 0. The van der Waals surface area contributed by atoms with E-state index in [0.29, 0.717) is 17.1 Å². The number of aromatic nitrogens is 3. The van der Waals surface area contributed by atoms with Crippen LogP contribution in [0.4, 0.5) is 0 Å². The first-order valence-corrected chi connectivity index (χ1v) is 9.86. The van der Waals surface area contributed by atoms with Gasteiger partial charge in [-0.1, -0.05) is 42.7 Å². The van der Waals surface area contributed by atoms with E-state index >= 15 is 0 Å². The highest BCUT2D eigenvalue weighted by atomic mass is 16.2.